The van der Waals surface area contributed by atoms with Crippen molar-refractivity contribution in [1.82, 2.24) is 25.2 Å². The van der Waals surface area contributed by atoms with Gasteiger partial charge in [0.1, 0.15) is 0 Å². The number of rotatable bonds is 6. The maximum absolute atomic E-state index is 12.7. The Bertz CT molecular complexity index is 745. The van der Waals surface area contributed by atoms with E-state index in [1.807, 2.05) is 41.2 Å². The zero-order chi connectivity index (χ0) is 17.9. The molecule has 0 saturated carbocycles. The molecular weight excluding hydrogens is 328 g/mol. The number of nitrogens with one attached hydrogen (secondary N) is 1. The molecule has 26 heavy (non-hydrogen) atoms. The average molecular weight is 354 g/mol. The average Bonchev–Trinajstić information content (AvgIpc) is 3.15. The van der Waals surface area contributed by atoms with Gasteiger partial charge in [0.2, 0.25) is 5.91 Å². The van der Waals surface area contributed by atoms with Crippen LogP contribution in [0.2, 0.25) is 0 Å². The second kappa shape index (κ2) is 7.55. The molecule has 0 radical (unpaired) electrons. The van der Waals surface area contributed by atoms with Gasteiger partial charge in [0.05, 0.1) is 18.2 Å². The Morgan fingerprint density at radius 3 is 2.85 bits per heavy atom. The van der Waals surface area contributed by atoms with Gasteiger partial charge in [-0.25, -0.2) is 0 Å². The third kappa shape index (κ3) is 3.64. The lowest BCUT2D eigenvalue weighted by Crippen LogP contribution is -2.58. The van der Waals surface area contributed by atoms with Crippen molar-refractivity contribution in [2.45, 2.75) is 38.5 Å². The van der Waals surface area contributed by atoms with Crippen molar-refractivity contribution in [2.24, 2.45) is 17.6 Å². The van der Waals surface area contributed by atoms with E-state index in [1.54, 1.807) is 0 Å². The summed E-state index contributed by atoms with van der Waals surface area (Å²) in [5.74, 6) is 0.741. The van der Waals surface area contributed by atoms with E-state index >= 15 is 0 Å². The number of nitrogens with two attached hydrogens (primary N) is 1. The number of fused-ring (bicyclic) bond motifs is 3. The molecule has 3 N–H and O–H groups in total. The smallest absolute Gasteiger partial charge is 0.224 e. The molecule has 3 aliphatic heterocycles. The largest absolute Gasteiger partial charge is 0.352 e. The molecule has 2 bridgehead atoms. The Morgan fingerprint density at radius 1 is 1.31 bits per heavy atom. The number of aromatic nitrogens is 3. The van der Waals surface area contributed by atoms with Crippen LogP contribution in [-0.2, 0) is 24.4 Å². The van der Waals surface area contributed by atoms with Gasteiger partial charge in [-0.1, -0.05) is 35.5 Å². The van der Waals surface area contributed by atoms with E-state index in [-0.39, 0.29) is 11.8 Å². The van der Waals surface area contributed by atoms with Crippen molar-refractivity contribution in [3.8, 4) is 0 Å². The van der Waals surface area contributed by atoms with E-state index in [4.69, 9.17) is 5.73 Å². The van der Waals surface area contributed by atoms with Crippen LogP contribution in [0.15, 0.2) is 36.5 Å². The van der Waals surface area contributed by atoms with Crippen molar-refractivity contribution in [1.29, 1.82) is 0 Å². The SMILES string of the molecule is NCc1cn(C[C@H]2C[C@@H]3CCN2C[C@H]3C(=O)NCc2ccccc2)nn1. The predicted molar refractivity (Wildman–Crippen MR) is 97.8 cm³/mol. The predicted octanol–water partition coefficient (Wildman–Crippen LogP) is 0.764. The van der Waals surface area contributed by atoms with Gasteiger partial charge in [-0.3, -0.25) is 14.4 Å². The molecule has 4 atom stereocenters. The summed E-state index contributed by atoms with van der Waals surface area (Å²) >= 11 is 0. The van der Waals surface area contributed by atoms with Gasteiger partial charge in [0.15, 0.2) is 0 Å². The van der Waals surface area contributed by atoms with Crippen LogP contribution < -0.4 is 11.1 Å². The van der Waals surface area contributed by atoms with E-state index in [2.05, 4.69) is 20.5 Å². The molecule has 7 nitrogen and oxygen atoms in total. The van der Waals surface area contributed by atoms with Crippen LogP contribution in [0.25, 0.3) is 0 Å². The number of amides is 1. The Labute approximate surface area is 153 Å². The molecule has 1 unspecified atom stereocenters. The fourth-order valence-electron chi connectivity index (χ4n) is 4.28. The zero-order valence-corrected chi connectivity index (χ0v) is 14.9. The Hall–Kier alpha value is -2.25. The highest BCUT2D eigenvalue weighted by Gasteiger charge is 2.43. The Morgan fingerprint density at radius 2 is 2.15 bits per heavy atom. The number of hydrogen-bond acceptors (Lipinski definition) is 5. The molecule has 3 aliphatic rings. The quantitative estimate of drug-likeness (QED) is 0.800. The molecule has 1 amide bonds. The van der Waals surface area contributed by atoms with Gasteiger partial charge in [-0.2, -0.15) is 0 Å². The highest BCUT2D eigenvalue weighted by atomic mass is 16.1. The molecule has 4 heterocycles. The summed E-state index contributed by atoms with van der Waals surface area (Å²) in [6, 6.07) is 10.5. The van der Waals surface area contributed by atoms with Crippen LogP contribution in [0.3, 0.4) is 0 Å². The number of nitrogens with zero attached hydrogens (tertiary/aromatic N) is 4. The lowest BCUT2D eigenvalue weighted by Gasteiger charge is -2.49. The van der Waals surface area contributed by atoms with Crippen molar-refractivity contribution in [3.05, 3.63) is 47.8 Å². The maximum atomic E-state index is 12.7. The van der Waals surface area contributed by atoms with E-state index in [0.29, 0.717) is 25.0 Å². The summed E-state index contributed by atoms with van der Waals surface area (Å²) in [6.07, 6.45) is 4.07. The molecule has 3 fully saturated rings. The van der Waals surface area contributed by atoms with E-state index in [1.165, 1.54) is 0 Å². The normalized spacial score (nSPS) is 27.4. The monoisotopic (exact) mass is 354 g/mol. The lowest BCUT2D eigenvalue weighted by atomic mass is 9.75. The molecule has 2 aromatic rings. The fourth-order valence-corrected chi connectivity index (χ4v) is 4.28. The third-order valence-corrected chi connectivity index (χ3v) is 5.72. The summed E-state index contributed by atoms with van der Waals surface area (Å²) in [7, 11) is 0. The summed E-state index contributed by atoms with van der Waals surface area (Å²) in [5.41, 5.74) is 7.57. The van der Waals surface area contributed by atoms with Gasteiger partial charge in [0.25, 0.3) is 0 Å². The molecule has 7 heteroatoms. The van der Waals surface area contributed by atoms with E-state index in [9.17, 15) is 4.79 Å². The van der Waals surface area contributed by atoms with Crippen LogP contribution >= 0.6 is 0 Å². The summed E-state index contributed by atoms with van der Waals surface area (Å²) in [4.78, 5) is 15.1. The lowest BCUT2D eigenvalue weighted by molar-refractivity contribution is -0.133. The number of hydrogen-bond donors (Lipinski definition) is 2. The highest BCUT2D eigenvalue weighted by Crippen LogP contribution is 2.36. The number of carbonyl (C=O) groups excluding carboxylic acids is 1. The second-order valence-electron chi connectivity index (χ2n) is 7.38. The molecule has 1 aromatic carbocycles. The van der Waals surface area contributed by atoms with Crippen molar-refractivity contribution in [3.63, 3.8) is 0 Å². The first-order chi connectivity index (χ1) is 12.7. The van der Waals surface area contributed by atoms with Crippen LogP contribution in [0.4, 0.5) is 0 Å². The summed E-state index contributed by atoms with van der Waals surface area (Å²) in [6.45, 7) is 3.75. The third-order valence-electron chi connectivity index (χ3n) is 5.72. The standard InChI is InChI=1S/C19H26N6O/c20-9-16-11-25(23-22-16)12-17-8-15-6-7-24(17)13-18(15)19(26)21-10-14-4-2-1-3-5-14/h1-5,11,15,17-18H,6-10,12-13,20H2,(H,21,26)/t15-,17+,18+/m0/s1. The Balaban J connectivity index is 1.33. The molecule has 3 saturated heterocycles. The van der Waals surface area contributed by atoms with Crippen LogP contribution in [0.1, 0.15) is 24.1 Å². The first-order valence-corrected chi connectivity index (χ1v) is 9.37. The highest BCUT2D eigenvalue weighted by molar-refractivity contribution is 5.79. The zero-order valence-electron chi connectivity index (χ0n) is 14.9. The molecule has 5 rings (SSSR count). The molecule has 1 aromatic heterocycles. The van der Waals surface area contributed by atoms with Gasteiger partial charge in [-0.15, -0.1) is 5.10 Å². The van der Waals surface area contributed by atoms with Gasteiger partial charge < -0.3 is 11.1 Å². The van der Waals surface area contributed by atoms with Gasteiger partial charge in [0, 0.05) is 31.9 Å². The molecule has 0 aliphatic carbocycles. The molecule has 138 valence electrons. The summed E-state index contributed by atoms with van der Waals surface area (Å²) < 4.78 is 1.89. The van der Waals surface area contributed by atoms with Gasteiger partial charge >= 0.3 is 0 Å². The summed E-state index contributed by atoms with van der Waals surface area (Å²) in [5, 5.41) is 11.3. The fraction of sp³-hybridized carbons (Fsp3) is 0.526. The van der Waals surface area contributed by atoms with Crippen molar-refractivity contribution in [2.75, 3.05) is 13.1 Å². The minimum atomic E-state index is 0.0964. The first-order valence-electron chi connectivity index (χ1n) is 9.37. The molecular formula is C19H26N6O. The van der Waals surface area contributed by atoms with Crippen LogP contribution in [0, 0.1) is 11.8 Å². The molecule has 0 spiro atoms. The van der Waals surface area contributed by atoms with Crippen molar-refractivity contribution < 1.29 is 4.79 Å². The van der Waals surface area contributed by atoms with Gasteiger partial charge in [-0.05, 0) is 30.9 Å². The number of benzene rings is 1. The maximum Gasteiger partial charge on any atom is 0.224 e. The minimum absolute atomic E-state index is 0.0964. The van der Waals surface area contributed by atoms with E-state index < -0.39 is 0 Å². The Kier molecular flexibility index (Phi) is 4.99. The topological polar surface area (TPSA) is 89.1 Å². The van der Waals surface area contributed by atoms with Crippen LogP contribution in [-0.4, -0.2) is 44.9 Å². The number of carbonyl (C=O) groups is 1. The second-order valence-corrected chi connectivity index (χ2v) is 7.38. The minimum Gasteiger partial charge on any atom is -0.352 e. The van der Waals surface area contributed by atoms with E-state index in [0.717, 1.165) is 43.7 Å². The van der Waals surface area contributed by atoms with Crippen LogP contribution in [0.5, 0.6) is 0 Å². The van der Waals surface area contributed by atoms with Crippen molar-refractivity contribution >= 4 is 5.91 Å². The first kappa shape index (κ1) is 17.2. The number of piperidine rings is 3.